The van der Waals surface area contributed by atoms with Crippen LogP contribution in [-0.4, -0.2) is 26.2 Å². The van der Waals surface area contributed by atoms with Gasteiger partial charge in [-0.3, -0.25) is 4.79 Å². The average molecular weight is 286 g/mol. The van der Waals surface area contributed by atoms with Crippen molar-refractivity contribution in [2.45, 2.75) is 20.3 Å². The van der Waals surface area contributed by atoms with Crippen molar-refractivity contribution in [1.29, 1.82) is 0 Å². The van der Waals surface area contributed by atoms with Crippen LogP contribution in [0.3, 0.4) is 0 Å². The number of aryl methyl sites for hydroxylation is 2. The normalized spacial score (nSPS) is 10.5. The van der Waals surface area contributed by atoms with E-state index in [0.29, 0.717) is 0 Å². The van der Waals surface area contributed by atoms with Crippen LogP contribution in [0, 0.1) is 6.92 Å². The first kappa shape index (κ1) is 15.2. The van der Waals surface area contributed by atoms with Crippen molar-refractivity contribution in [1.82, 2.24) is 4.98 Å². The summed E-state index contributed by atoms with van der Waals surface area (Å²) in [6.45, 7) is 3.92. The number of nitrogens with zero attached hydrogens (tertiary/aromatic N) is 1. The van der Waals surface area contributed by atoms with Crippen molar-refractivity contribution in [2.24, 2.45) is 0 Å². The van der Waals surface area contributed by atoms with Crippen molar-refractivity contribution < 1.29 is 4.74 Å². The molecular formula is C17H22N2O2. The fourth-order valence-corrected chi connectivity index (χ4v) is 2.43. The number of ether oxygens (including phenoxy) is 1. The monoisotopic (exact) mass is 286 g/mol. The number of benzene rings is 1. The number of pyridine rings is 1. The minimum atomic E-state index is -0.0437. The predicted molar refractivity (Wildman–Crippen MR) is 87.5 cm³/mol. The maximum absolute atomic E-state index is 11.9. The summed E-state index contributed by atoms with van der Waals surface area (Å²) < 4.78 is 5.46. The van der Waals surface area contributed by atoms with E-state index in [1.165, 1.54) is 0 Å². The minimum Gasteiger partial charge on any atom is -0.495 e. The van der Waals surface area contributed by atoms with E-state index in [-0.39, 0.29) is 5.56 Å². The van der Waals surface area contributed by atoms with Crippen LogP contribution in [0.1, 0.15) is 18.1 Å². The van der Waals surface area contributed by atoms with Crippen molar-refractivity contribution in [3.8, 4) is 17.0 Å². The summed E-state index contributed by atoms with van der Waals surface area (Å²) in [4.78, 5) is 16.9. The Bertz CT molecular complexity index is 702. The van der Waals surface area contributed by atoms with E-state index in [2.05, 4.69) is 11.9 Å². The topological polar surface area (TPSA) is 45.3 Å². The largest absolute Gasteiger partial charge is 0.495 e. The third-order valence-corrected chi connectivity index (χ3v) is 3.64. The summed E-state index contributed by atoms with van der Waals surface area (Å²) in [6, 6.07) is 7.94. The molecule has 0 spiro atoms. The van der Waals surface area contributed by atoms with Gasteiger partial charge in [-0.05, 0) is 37.1 Å². The molecule has 21 heavy (non-hydrogen) atoms. The summed E-state index contributed by atoms with van der Waals surface area (Å²) in [7, 11) is 5.61. The van der Waals surface area contributed by atoms with Crippen LogP contribution in [0.4, 0.5) is 5.69 Å². The molecule has 1 N–H and O–H groups in total. The predicted octanol–water partition coefficient (Wildman–Crippen LogP) is 2.99. The molecular weight excluding hydrogens is 264 g/mol. The van der Waals surface area contributed by atoms with Crippen LogP contribution >= 0.6 is 0 Å². The van der Waals surface area contributed by atoms with E-state index >= 15 is 0 Å². The Morgan fingerprint density at radius 2 is 1.95 bits per heavy atom. The molecule has 2 rings (SSSR count). The van der Waals surface area contributed by atoms with Gasteiger partial charge in [-0.25, -0.2) is 0 Å². The Morgan fingerprint density at radius 3 is 2.52 bits per heavy atom. The molecule has 0 aliphatic carbocycles. The first-order valence-corrected chi connectivity index (χ1v) is 7.06. The Balaban J connectivity index is 2.62. The first-order valence-electron chi connectivity index (χ1n) is 7.06. The van der Waals surface area contributed by atoms with Crippen molar-refractivity contribution in [3.05, 3.63) is 45.7 Å². The summed E-state index contributed by atoms with van der Waals surface area (Å²) in [5.74, 6) is 0.793. The second-order valence-electron chi connectivity index (χ2n) is 5.32. The molecule has 0 saturated heterocycles. The fraction of sp³-hybridized carbons (Fsp3) is 0.353. The molecule has 0 amide bonds. The average Bonchev–Trinajstić information content (AvgIpc) is 2.48. The lowest BCUT2D eigenvalue weighted by molar-refractivity contribution is 0.415. The van der Waals surface area contributed by atoms with Crippen LogP contribution in [0.25, 0.3) is 11.3 Å². The highest BCUT2D eigenvalue weighted by molar-refractivity contribution is 5.71. The van der Waals surface area contributed by atoms with Crippen LogP contribution in [0.2, 0.25) is 0 Å². The molecule has 1 aromatic heterocycles. The van der Waals surface area contributed by atoms with E-state index < -0.39 is 0 Å². The van der Waals surface area contributed by atoms with Gasteiger partial charge in [-0.1, -0.05) is 13.0 Å². The van der Waals surface area contributed by atoms with Gasteiger partial charge in [0.05, 0.1) is 18.5 Å². The Labute approximate surface area is 125 Å². The number of rotatable bonds is 4. The number of hydrogen-bond acceptors (Lipinski definition) is 3. The molecule has 0 fully saturated rings. The van der Waals surface area contributed by atoms with Crippen molar-refractivity contribution in [3.63, 3.8) is 0 Å². The smallest absolute Gasteiger partial charge is 0.251 e. The van der Waals surface area contributed by atoms with Crippen LogP contribution < -0.4 is 15.2 Å². The van der Waals surface area contributed by atoms with Gasteiger partial charge in [0.1, 0.15) is 5.75 Å². The lowest BCUT2D eigenvalue weighted by Gasteiger charge is -2.18. The summed E-state index contributed by atoms with van der Waals surface area (Å²) in [6.07, 6.45) is 0.866. The molecule has 0 unspecified atom stereocenters. The first-order chi connectivity index (χ1) is 9.97. The number of aromatic amines is 1. The second kappa shape index (κ2) is 6.04. The summed E-state index contributed by atoms with van der Waals surface area (Å²) in [5.41, 5.74) is 4.67. The SMILES string of the molecule is CCc1cc(C)c(=O)[nH]c1-c1ccc(N(C)C)c(OC)c1. The third kappa shape index (κ3) is 2.94. The molecule has 4 nitrogen and oxygen atoms in total. The zero-order valence-corrected chi connectivity index (χ0v) is 13.3. The quantitative estimate of drug-likeness (QED) is 0.939. The second-order valence-corrected chi connectivity index (χ2v) is 5.32. The summed E-state index contributed by atoms with van der Waals surface area (Å²) in [5, 5.41) is 0. The lowest BCUT2D eigenvalue weighted by atomic mass is 10.0. The molecule has 0 bridgehead atoms. The molecule has 4 heteroatoms. The number of methoxy groups -OCH3 is 1. The van der Waals surface area contributed by atoms with Gasteiger partial charge in [0.2, 0.25) is 0 Å². The van der Waals surface area contributed by atoms with Gasteiger partial charge in [0, 0.05) is 25.2 Å². The highest BCUT2D eigenvalue weighted by Gasteiger charge is 2.11. The van der Waals surface area contributed by atoms with E-state index in [1.54, 1.807) is 7.11 Å². The Hall–Kier alpha value is -2.23. The van der Waals surface area contributed by atoms with Crippen molar-refractivity contribution >= 4 is 5.69 Å². The third-order valence-electron chi connectivity index (χ3n) is 3.64. The highest BCUT2D eigenvalue weighted by Crippen LogP contribution is 2.32. The fourth-order valence-electron chi connectivity index (χ4n) is 2.43. The van der Waals surface area contributed by atoms with Crippen molar-refractivity contribution in [2.75, 3.05) is 26.1 Å². The van der Waals surface area contributed by atoms with E-state index in [0.717, 1.165) is 40.2 Å². The van der Waals surface area contributed by atoms with Gasteiger partial charge in [0.15, 0.2) is 0 Å². The van der Waals surface area contributed by atoms with Gasteiger partial charge >= 0.3 is 0 Å². The zero-order valence-electron chi connectivity index (χ0n) is 13.3. The molecule has 0 aliphatic heterocycles. The van der Waals surface area contributed by atoms with Gasteiger partial charge < -0.3 is 14.6 Å². The highest BCUT2D eigenvalue weighted by atomic mass is 16.5. The molecule has 1 aromatic carbocycles. The molecule has 112 valence electrons. The molecule has 0 aliphatic rings. The molecule has 0 radical (unpaired) electrons. The Kier molecular flexibility index (Phi) is 4.36. The molecule has 0 atom stereocenters. The molecule has 2 aromatic rings. The van der Waals surface area contributed by atoms with E-state index in [9.17, 15) is 4.79 Å². The van der Waals surface area contributed by atoms with E-state index in [4.69, 9.17) is 4.74 Å². The minimum absolute atomic E-state index is 0.0437. The number of H-pyrrole nitrogens is 1. The number of anilines is 1. The van der Waals surface area contributed by atoms with Crippen LogP contribution in [0.15, 0.2) is 29.1 Å². The Morgan fingerprint density at radius 1 is 1.24 bits per heavy atom. The van der Waals surface area contributed by atoms with Gasteiger partial charge in [-0.2, -0.15) is 0 Å². The van der Waals surface area contributed by atoms with Crippen LogP contribution in [0.5, 0.6) is 5.75 Å². The van der Waals surface area contributed by atoms with Crippen LogP contribution in [-0.2, 0) is 6.42 Å². The van der Waals surface area contributed by atoms with Gasteiger partial charge in [0.25, 0.3) is 5.56 Å². The number of aromatic nitrogens is 1. The number of hydrogen-bond donors (Lipinski definition) is 1. The maximum atomic E-state index is 11.9. The zero-order chi connectivity index (χ0) is 15.6. The number of nitrogens with one attached hydrogen (secondary N) is 1. The summed E-state index contributed by atoms with van der Waals surface area (Å²) >= 11 is 0. The molecule has 0 saturated carbocycles. The maximum Gasteiger partial charge on any atom is 0.251 e. The molecule has 1 heterocycles. The lowest BCUT2D eigenvalue weighted by Crippen LogP contribution is -2.13. The van der Waals surface area contributed by atoms with Gasteiger partial charge in [-0.15, -0.1) is 0 Å². The van der Waals surface area contributed by atoms with E-state index in [1.807, 2.05) is 50.2 Å². The standard InChI is InChI=1S/C17H22N2O2/c1-6-12-9-11(2)17(20)18-16(12)13-7-8-14(19(3)4)15(10-13)21-5/h7-10H,6H2,1-5H3,(H,18,20).